The molecule has 3 nitrogen and oxygen atoms in total. The summed E-state index contributed by atoms with van der Waals surface area (Å²) < 4.78 is 0. The van der Waals surface area contributed by atoms with Crippen LogP contribution in [0.2, 0.25) is 0 Å². The van der Waals surface area contributed by atoms with Gasteiger partial charge in [-0.15, -0.1) is 0 Å². The summed E-state index contributed by atoms with van der Waals surface area (Å²) in [6.45, 7) is 5.55. The summed E-state index contributed by atoms with van der Waals surface area (Å²) in [5.74, 6) is 0.420. The lowest BCUT2D eigenvalue weighted by Crippen LogP contribution is -2.25. The third-order valence-corrected chi connectivity index (χ3v) is 3.18. The van der Waals surface area contributed by atoms with E-state index >= 15 is 0 Å². The van der Waals surface area contributed by atoms with Gasteiger partial charge in [-0.05, 0) is 25.5 Å². The van der Waals surface area contributed by atoms with Crippen LogP contribution in [0.5, 0.6) is 0 Å². The Kier molecular flexibility index (Phi) is 4.03. The summed E-state index contributed by atoms with van der Waals surface area (Å²) in [5, 5.41) is 6.27. The van der Waals surface area contributed by atoms with E-state index < -0.39 is 0 Å². The second-order valence-corrected chi connectivity index (χ2v) is 4.95. The Bertz CT molecular complexity index is 461. The van der Waals surface area contributed by atoms with Crippen LogP contribution in [-0.2, 0) is 4.79 Å². The molecule has 1 atom stereocenters. The topological polar surface area (TPSA) is 41.1 Å². The van der Waals surface area contributed by atoms with Gasteiger partial charge in [-0.25, -0.2) is 0 Å². The zero-order chi connectivity index (χ0) is 13.0. The number of anilines is 1. The number of benzene rings is 1. The van der Waals surface area contributed by atoms with Gasteiger partial charge in [0.25, 0.3) is 0 Å². The van der Waals surface area contributed by atoms with Gasteiger partial charge >= 0.3 is 0 Å². The number of rotatable bonds is 4. The lowest BCUT2D eigenvalue weighted by Gasteiger charge is -2.09. The summed E-state index contributed by atoms with van der Waals surface area (Å²) in [5.41, 5.74) is 3.65. The predicted molar refractivity (Wildman–Crippen MR) is 74.7 cm³/mol. The molecule has 0 radical (unpaired) electrons. The molecule has 1 heterocycles. The minimum absolute atomic E-state index is 0.121. The lowest BCUT2D eigenvalue weighted by molar-refractivity contribution is -0.121. The fourth-order valence-electron chi connectivity index (χ4n) is 2.20. The van der Waals surface area contributed by atoms with Gasteiger partial charge in [-0.2, -0.15) is 0 Å². The highest BCUT2D eigenvalue weighted by atomic mass is 16.1. The highest BCUT2D eigenvalue weighted by molar-refractivity contribution is 5.78. The molecule has 0 spiro atoms. The van der Waals surface area contributed by atoms with Gasteiger partial charge in [0.05, 0.1) is 0 Å². The Morgan fingerprint density at radius 3 is 3.00 bits per heavy atom. The van der Waals surface area contributed by atoms with Crippen LogP contribution in [0.1, 0.15) is 31.7 Å². The molecule has 1 aliphatic rings. The van der Waals surface area contributed by atoms with Crippen LogP contribution >= 0.6 is 0 Å². The van der Waals surface area contributed by atoms with Gasteiger partial charge in [0, 0.05) is 31.1 Å². The van der Waals surface area contributed by atoms with Gasteiger partial charge in [0.1, 0.15) is 0 Å². The number of carbonyl (C=O) groups is 1. The normalized spacial score (nSPS) is 16.7. The Hall–Kier alpha value is -1.77. The highest BCUT2D eigenvalue weighted by Crippen LogP contribution is 2.32. The van der Waals surface area contributed by atoms with E-state index in [4.69, 9.17) is 0 Å². The number of nitrogens with one attached hydrogen (secondary N) is 2. The third-order valence-electron chi connectivity index (χ3n) is 3.18. The number of para-hydroxylation sites is 1. The molecule has 1 unspecified atom stereocenters. The Labute approximate surface area is 108 Å². The quantitative estimate of drug-likeness (QED) is 0.799. The zero-order valence-corrected chi connectivity index (χ0v) is 11.0. The number of hydrogen-bond acceptors (Lipinski definition) is 2. The molecule has 1 aliphatic heterocycles. The second-order valence-electron chi connectivity index (χ2n) is 4.95. The molecule has 0 bridgehead atoms. The molecule has 1 amide bonds. The van der Waals surface area contributed by atoms with Crippen molar-refractivity contribution in [3.8, 4) is 0 Å². The van der Waals surface area contributed by atoms with E-state index in [1.165, 1.54) is 16.8 Å². The second kappa shape index (κ2) is 5.71. The smallest absolute Gasteiger partial charge is 0.220 e. The van der Waals surface area contributed by atoms with E-state index in [-0.39, 0.29) is 5.91 Å². The molecule has 1 aromatic rings. The molecule has 0 aliphatic carbocycles. The standard InChI is InChI=1S/C15H20N2O/c1-11(2)7-8-16-15(18)9-12-10-17-14-6-4-3-5-13(12)14/h3-7,12,17H,8-10H2,1-2H3,(H,16,18). The summed E-state index contributed by atoms with van der Waals surface area (Å²) in [4.78, 5) is 11.8. The van der Waals surface area contributed by atoms with E-state index in [0.717, 1.165) is 6.54 Å². The fraction of sp³-hybridized carbons (Fsp3) is 0.400. The van der Waals surface area contributed by atoms with Crippen LogP contribution in [-0.4, -0.2) is 19.0 Å². The first-order valence-electron chi connectivity index (χ1n) is 6.39. The molecular weight excluding hydrogens is 224 g/mol. The van der Waals surface area contributed by atoms with E-state index in [2.05, 4.69) is 22.8 Å². The predicted octanol–water partition coefficient (Wildman–Crippen LogP) is 2.67. The van der Waals surface area contributed by atoms with E-state index in [9.17, 15) is 4.79 Å². The number of carbonyl (C=O) groups excluding carboxylic acids is 1. The molecule has 2 rings (SSSR count). The van der Waals surface area contributed by atoms with Crippen LogP contribution in [0, 0.1) is 0 Å². The van der Waals surface area contributed by atoms with Gasteiger partial charge in [-0.1, -0.05) is 29.8 Å². The number of amides is 1. The largest absolute Gasteiger partial charge is 0.384 e. The Morgan fingerprint density at radius 1 is 1.44 bits per heavy atom. The van der Waals surface area contributed by atoms with Crippen molar-refractivity contribution in [2.45, 2.75) is 26.2 Å². The Morgan fingerprint density at radius 2 is 2.22 bits per heavy atom. The van der Waals surface area contributed by atoms with Crippen molar-refractivity contribution in [1.29, 1.82) is 0 Å². The van der Waals surface area contributed by atoms with Crippen molar-refractivity contribution in [3.63, 3.8) is 0 Å². The SMILES string of the molecule is CC(C)=CCNC(=O)CC1CNc2ccccc21. The van der Waals surface area contributed by atoms with Crippen molar-refractivity contribution in [2.24, 2.45) is 0 Å². The summed E-state index contributed by atoms with van der Waals surface area (Å²) >= 11 is 0. The molecule has 0 fully saturated rings. The summed E-state index contributed by atoms with van der Waals surface area (Å²) in [6.07, 6.45) is 2.58. The molecule has 2 N–H and O–H groups in total. The van der Waals surface area contributed by atoms with Crippen molar-refractivity contribution >= 4 is 11.6 Å². The monoisotopic (exact) mass is 244 g/mol. The highest BCUT2D eigenvalue weighted by Gasteiger charge is 2.23. The first-order chi connectivity index (χ1) is 8.66. The average Bonchev–Trinajstić information content (AvgIpc) is 2.72. The molecule has 0 saturated carbocycles. The molecule has 18 heavy (non-hydrogen) atoms. The molecule has 96 valence electrons. The van der Waals surface area contributed by atoms with E-state index in [1.54, 1.807) is 0 Å². The third kappa shape index (κ3) is 3.13. The molecular formula is C15H20N2O. The maximum Gasteiger partial charge on any atom is 0.220 e. The van der Waals surface area contributed by atoms with Crippen LogP contribution in [0.4, 0.5) is 5.69 Å². The maximum atomic E-state index is 11.8. The minimum atomic E-state index is 0.121. The van der Waals surface area contributed by atoms with Gasteiger partial charge in [-0.3, -0.25) is 4.79 Å². The van der Waals surface area contributed by atoms with Crippen molar-refractivity contribution in [3.05, 3.63) is 41.5 Å². The van der Waals surface area contributed by atoms with Crippen LogP contribution in [0.3, 0.4) is 0 Å². The van der Waals surface area contributed by atoms with Gasteiger partial charge in [0.15, 0.2) is 0 Å². The first-order valence-corrected chi connectivity index (χ1v) is 6.39. The van der Waals surface area contributed by atoms with Crippen molar-refractivity contribution < 1.29 is 4.79 Å². The molecule has 1 aromatic carbocycles. The molecule has 3 heteroatoms. The van der Waals surface area contributed by atoms with Gasteiger partial charge < -0.3 is 10.6 Å². The number of hydrogen-bond donors (Lipinski definition) is 2. The minimum Gasteiger partial charge on any atom is -0.384 e. The van der Waals surface area contributed by atoms with E-state index in [1.807, 2.05) is 32.1 Å². The fourth-order valence-corrected chi connectivity index (χ4v) is 2.20. The van der Waals surface area contributed by atoms with Crippen LogP contribution in [0.15, 0.2) is 35.9 Å². The average molecular weight is 244 g/mol. The number of allylic oxidation sites excluding steroid dienone is 1. The van der Waals surface area contributed by atoms with Crippen LogP contribution < -0.4 is 10.6 Å². The van der Waals surface area contributed by atoms with Crippen molar-refractivity contribution in [2.75, 3.05) is 18.4 Å². The Balaban J connectivity index is 1.88. The lowest BCUT2D eigenvalue weighted by atomic mass is 9.97. The van der Waals surface area contributed by atoms with Gasteiger partial charge in [0.2, 0.25) is 5.91 Å². The molecule has 0 aromatic heterocycles. The van der Waals surface area contributed by atoms with E-state index in [0.29, 0.717) is 18.9 Å². The zero-order valence-electron chi connectivity index (χ0n) is 11.0. The molecule has 0 saturated heterocycles. The number of fused-ring (bicyclic) bond motifs is 1. The summed E-state index contributed by atoms with van der Waals surface area (Å²) in [6, 6.07) is 8.21. The maximum absolute atomic E-state index is 11.8. The summed E-state index contributed by atoms with van der Waals surface area (Å²) in [7, 11) is 0. The van der Waals surface area contributed by atoms with Crippen LogP contribution in [0.25, 0.3) is 0 Å². The first kappa shape index (κ1) is 12.7. The van der Waals surface area contributed by atoms with Crippen molar-refractivity contribution in [1.82, 2.24) is 5.32 Å².